The van der Waals surface area contributed by atoms with Crippen LogP contribution in [0.15, 0.2) is 48.5 Å². The van der Waals surface area contributed by atoms with Gasteiger partial charge in [-0.2, -0.15) is 0 Å². The fraction of sp³-hybridized carbons (Fsp3) is 0.625. The summed E-state index contributed by atoms with van der Waals surface area (Å²) in [5.74, 6) is 3.72. The third-order valence-corrected chi connectivity index (χ3v) is 12.2. The Morgan fingerprint density at radius 1 is 0.529 bits per heavy atom. The number of rotatable bonds is 3. The minimum absolute atomic E-state index is 0.382. The van der Waals surface area contributed by atoms with E-state index >= 15 is 0 Å². The lowest BCUT2D eigenvalue weighted by Gasteiger charge is -2.74. The molecule has 0 radical (unpaired) electrons. The Hall–Kier alpha value is -1.96. The van der Waals surface area contributed by atoms with Crippen LogP contribution in [0.2, 0.25) is 0 Å². The minimum Gasteiger partial charge on any atom is -0.399 e. The largest absolute Gasteiger partial charge is 0.399 e. The van der Waals surface area contributed by atoms with E-state index in [1.54, 1.807) is 11.1 Å². The van der Waals surface area contributed by atoms with Crippen molar-refractivity contribution in [2.75, 3.05) is 11.5 Å². The Morgan fingerprint density at radius 3 is 1.26 bits per heavy atom. The molecule has 4 unspecified atom stereocenters. The molecule has 8 bridgehead atoms. The summed E-state index contributed by atoms with van der Waals surface area (Å²) in [7, 11) is 0. The molecule has 34 heavy (non-hydrogen) atoms. The van der Waals surface area contributed by atoms with Crippen LogP contribution in [0, 0.1) is 34.5 Å². The summed E-state index contributed by atoms with van der Waals surface area (Å²) in [6.45, 7) is 0. The van der Waals surface area contributed by atoms with Crippen LogP contribution < -0.4 is 11.5 Å². The van der Waals surface area contributed by atoms with E-state index in [0.29, 0.717) is 21.7 Å². The number of benzene rings is 2. The third kappa shape index (κ3) is 2.58. The molecular formula is C32H40N2. The first-order valence-corrected chi connectivity index (χ1v) is 14.1. The Balaban J connectivity index is 1.25. The summed E-state index contributed by atoms with van der Waals surface area (Å²) in [5, 5.41) is 0. The molecule has 178 valence electrons. The van der Waals surface area contributed by atoms with Crippen LogP contribution in [0.5, 0.6) is 0 Å². The molecule has 4 N–H and O–H groups in total. The van der Waals surface area contributed by atoms with Crippen molar-refractivity contribution in [3.63, 3.8) is 0 Å². The second kappa shape index (κ2) is 6.42. The Bertz CT molecular complexity index is 1040. The van der Waals surface area contributed by atoms with Gasteiger partial charge in [-0.15, -0.1) is 0 Å². The first-order chi connectivity index (χ1) is 16.4. The smallest absolute Gasteiger partial charge is 0.0316 e. The van der Waals surface area contributed by atoms with Crippen molar-refractivity contribution in [1.82, 2.24) is 0 Å². The molecule has 0 amide bonds. The molecule has 2 nitrogen and oxygen atoms in total. The topological polar surface area (TPSA) is 52.0 Å². The lowest BCUT2D eigenvalue weighted by molar-refractivity contribution is -0.212. The van der Waals surface area contributed by atoms with Crippen molar-refractivity contribution in [3.8, 4) is 0 Å². The molecule has 8 saturated carbocycles. The maximum absolute atomic E-state index is 6.34. The molecule has 0 aromatic heterocycles. The Kier molecular flexibility index (Phi) is 3.83. The molecule has 2 aromatic rings. The number of hydrogen-bond donors (Lipinski definition) is 2. The molecule has 0 aliphatic heterocycles. The van der Waals surface area contributed by atoms with Crippen molar-refractivity contribution >= 4 is 11.4 Å². The van der Waals surface area contributed by atoms with Crippen molar-refractivity contribution < 1.29 is 0 Å². The quantitative estimate of drug-likeness (QED) is 0.483. The first-order valence-electron chi connectivity index (χ1n) is 14.1. The molecule has 4 atom stereocenters. The standard InChI is InChI=1S/C32H40N2/c33-27-5-1-3-25(9-27)29-11-21-7-22(12-29)16-31(15-21,19-29)32-17-23-8-24(18-32)14-30(13-23,20-32)26-4-2-6-28(34)10-26/h1-6,9-10,21-24H,7-8,11-20,33-34H2. The molecule has 8 aliphatic rings. The molecule has 8 fully saturated rings. The predicted octanol–water partition coefficient (Wildman–Crippen LogP) is 7.23. The second-order valence-corrected chi connectivity index (χ2v) is 14.3. The fourth-order valence-corrected chi connectivity index (χ4v) is 12.2. The zero-order chi connectivity index (χ0) is 22.8. The maximum Gasteiger partial charge on any atom is 0.0316 e. The minimum atomic E-state index is 0.382. The van der Waals surface area contributed by atoms with Crippen LogP contribution in [0.25, 0.3) is 0 Å². The fourth-order valence-electron chi connectivity index (χ4n) is 12.2. The number of nitrogens with two attached hydrogens (primary N) is 2. The predicted molar refractivity (Wildman–Crippen MR) is 139 cm³/mol. The lowest BCUT2D eigenvalue weighted by atomic mass is 9.30. The van der Waals surface area contributed by atoms with Gasteiger partial charge >= 0.3 is 0 Å². The van der Waals surface area contributed by atoms with Crippen LogP contribution in [0.3, 0.4) is 0 Å². The monoisotopic (exact) mass is 452 g/mol. The van der Waals surface area contributed by atoms with Gasteiger partial charge in [0, 0.05) is 11.4 Å². The van der Waals surface area contributed by atoms with Gasteiger partial charge in [0.1, 0.15) is 0 Å². The van der Waals surface area contributed by atoms with Crippen LogP contribution >= 0.6 is 0 Å². The van der Waals surface area contributed by atoms with E-state index in [-0.39, 0.29) is 0 Å². The van der Waals surface area contributed by atoms with Crippen molar-refractivity contribution in [2.45, 2.75) is 87.9 Å². The van der Waals surface area contributed by atoms with Gasteiger partial charge in [-0.3, -0.25) is 0 Å². The van der Waals surface area contributed by atoms with Gasteiger partial charge in [0.2, 0.25) is 0 Å². The molecule has 0 spiro atoms. The summed E-state index contributed by atoms with van der Waals surface area (Å²) >= 11 is 0. The van der Waals surface area contributed by atoms with E-state index in [1.807, 2.05) is 0 Å². The summed E-state index contributed by atoms with van der Waals surface area (Å²) in [6.07, 6.45) is 17.6. The van der Waals surface area contributed by atoms with Crippen LogP contribution in [-0.4, -0.2) is 0 Å². The van der Waals surface area contributed by atoms with E-state index in [4.69, 9.17) is 11.5 Å². The highest BCUT2D eigenvalue weighted by Gasteiger charge is 2.70. The Labute approximate surface area is 204 Å². The van der Waals surface area contributed by atoms with Gasteiger partial charge < -0.3 is 11.5 Å². The van der Waals surface area contributed by atoms with E-state index < -0.39 is 0 Å². The average Bonchev–Trinajstić information content (AvgIpc) is 2.77. The van der Waals surface area contributed by atoms with Crippen molar-refractivity contribution in [1.29, 1.82) is 0 Å². The van der Waals surface area contributed by atoms with Gasteiger partial charge in [-0.05, 0) is 158 Å². The summed E-state index contributed by atoms with van der Waals surface area (Å²) in [6, 6.07) is 18.1. The van der Waals surface area contributed by atoms with Gasteiger partial charge in [0.05, 0.1) is 0 Å². The van der Waals surface area contributed by atoms with Crippen LogP contribution in [-0.2, 0) is 10.8 Å². The van der Waals surface area contributed by atoms with Gasteiger partial charge in [0.15, 0.2) is 0 Å². The van der Waals surface area contributed by atoms with E-state index in [0.717, 1.165) is 35.0 Å². The van der Waals surface area contributed by atoms with E-state index in [1.165, 1.54) is 77.0 Å². The molecule has 8 aliphatic carbocycles. The van der Waals surface area contributed by atoms with Crippen molar-refractivity contribution in [2.24, 2.45) is 34.5 Å². The highest BCUT2D eigenvalue weighted by molar-refractivity contribution is 5.46. The number of anilines is 2. The average molecular weight is 453 g/mol. The zero-order valence-corrected chi connectivity index (χ0v) is 20.6. The zero-order valence-electron chi connectivity index (χ0n) is 20.6. The first kappa shape index (κ1) is 20.3. The molecule has 10 rings (SSSR count). The molecular weight excluding hydrogens is 412 g/mol. The third-order valence-electron chi connectivity index (χ3n) is 12.2. The summed E-state index contributed by atoms with van der Waals surface area (Å²) < 4.78 is 0. The SMILES string of the molecule is Nc1cccc(C23CC4CC(C2)CC(C25CC6CC(CC(c7cccc(N)c7)(C6)C2)C5)(C4)C3)c1. The van der Waals surface area contributed by atoms with Crippen LogP contribution in [0.4, 0.5) is 11.4 Å². The van der Waals surface area contributed by atoms with Gasteiger partial charge in [0.25, 0.3) is 0 Å². The molecule has 0 saturated heterocycles. The Morgan fingerprint density at radius 2 is 0.912 bits per heavy atom. The normalized spacial score (nSPS) is 47.9. The highest BCUT2D eigenvalue weighted by atomic mass is 14.7. The molecule has 2 aromatic carbocycles. The van der Waals surface area contributed by atoms with E-state index in [2.05, 4.69) is 48.5 Å². The molecule has 2 heteroatoms. The second-order valence-electron chi connectivity index (χ2n) is 14.3. The highest BCUT2D eigenvalue weighted by Crippen LogP contribution is 2.78. The summed E-state index contributed by atoms with van der Waals surface area (Å²) in [4.78, 5) is 0. The molecule has 0 heterocycles. The number of nitrogen functional groups attached to an aromatic ring is 2. The van der Waals surface area contributed by atoms with Gasteiger partial charge in [-0.1, -0.05) is 24.3 Å². The summed E-state index contributed by atoms with van der Waals surface area (Å²) in [5.41, 5.74) is 19.6. The van der Waals surface area contributed by atoms with Crippen LogP contribution in [0.1, 0.15) is 88.2 Å². The maximum atomic E-state index is 6.34. The van der Waals surface area contributed by atoms with Gasteiger partial charge in [-0.25, -0.2) is 0 Å². The lowest BCUT2D eigenvalue weighted by Crippen LogP contribution is -2.66. The number of hydrogen-bond acceptors (Lipinski definition) is 2. The van der Waals surface area contributed by atoms with Crippen molar-refractivity contribution in [3.05, 3.63) is 59.7 Å². The van der Waals surface area contributed by atoms with E-state index in [9.17, 15) is 0 Å².